The summed E-state index contributed by atoms with van der Waals surface area (Å²) in [5.41, 5.74) is -0.618. The van der Waals surface area contributed by atoms with Gasteiger partial charge in [0, 0.05) is 11.8 Å². The van der Waals surface area contributed by atoms with Gasteiger partial charge >= 0.3 is 5.97 Å². The van der Waals surface area contributed by atoms with Crippen molar-refractivity contribution in [3.8, 4) is 0 Å². The van der Waals surface area contributed by atoms with Gasteiger partial charge < -0.3 is 5.11 Å². The molecule has 1 rings (SSSR count). The molecule has 0 bridgehead atoms. The van der Waals surface area contributed by atoms with Crippen molar-refractivity contribution in [2.24, 2.45) is 0 Å². The van der Waals surface area contributed by atoms with Crippen molar-refractivity contribution in [3.05, 3.63) is 0 Å². The highest BCUT2D eigenvalue weighted by Crippen LogP contribution is 2.34. The van der Waals surface area contributed by atoms with Gasteiger partial charge in [0.05, 0.1) is 0 Å². The van der Waals surface area contributed by atoms with E-state index in [0.717, 1.165) is 37.3 Å². The Morgan fingerprint density at radius 2 is 2.25 bits per heavy atom. The van der Waals surface area contributed by atoms with Gasteiger partial charge in [0.15, 0.2) is 0 Å². The van der Waals surface area contributed by atoms with Crippen LogP contribution in [0.4, 0.5) is 0 Å². The Balaban J connectivity index is 2.92. The fourth-order valence-electron chi connectivity index (χ4n) is 2.51. The molecule has 1 heterocycles. The lowest BCUT2D eigenvalue weighted by atomic mass is 9.91. The van der Waals surface area contributed by atoms with Crippen LogP contribution in [0, 0.1) is 0 Å². The fourth-order valence-corrected chi connectivity index (χ4v) is 3.77. The monoisotopic (exact) mass is 245 g/mol. The lowest BCUT2D eigenvalue weighted by Crippen LogP contribution is -2.60. The van der Waals surface area contributed by atoms with Gasteiger partial charge in [0.2, 0.25) is 0 Å². The van der Waals surface area contributed by atoms with E-state index in [1.807, 2.05) is 0 Å². The maximum absolute atomic E-state index is 11.6. The number of aliphatic carboxylic acids is 1. The number of hydrogen-bond donors (Lipinski definition) is 1. The van der Waals surface area contributed by atoms with Gasteiger partial charge in [-0.2, -0.15) is 11.8 Å². The average Bonchev–Trinajstić information content (AvgIpc) is 2.26. The van der Waals surface area contributed by atoms with Crippen LogP contribution >= 0.6 is 11.8 Å². The standard InChI is InChI=1S/C12H23NO2S/c1-4-7-13(10(2)3)12(11(14)15)6-5-8-16-9-12/h10H,4-9H2,1-3H3,(H,14,15). The molecule has 1 aliphatic heterocycles. The second-order valence-electron chi connectivity index (χ2n) is 4.78. The number of carboxylic acid groups (broad SMARTS) is 1. The number of carbonyl (C=O) groups is 1. The van der Waals surface area contributed by atoms with Gasteiger partial charge in [-0.05, 0) is 45.4 Å². The molecule has 0 aromatic rings. The molecule has 0 aromatic heterocycles. The molecule has 94 valence electrons. The van der Waals surface area contributed by atoms with E-state index in [0.29, 0.717) is 6.04 Å². The summed E-state index contributed by atoms with van der Waals surface area (Å²) < 4.78 is 0. The van der Waals surface area contributed by atoms with Crippen LogP contribution in [0.3, 0.4) is 0 Å². The summed E-state index contributed by atoms with van der Waals surface area (Å²) in [7, 11) is 0. The van der Waals surface area contributed by atoms with Gasteiger partial charge in [0.25, 0.3) is 0 Å². The molecule has 0 amide bonds. The molecule has 1 N–H and O–H groups in total. The first-order chi connectivity index (χ1) is 7.54. The summed E-state index contributed by atoms with van der Waals surface area (Å²) in [5.74, 6) is 1.20. The van der Waals surface area contributed by atoms with Crippen molar-refractivity contribution in [2.45, 2.75) is 51.6 Å². The second-order valence-corrected chi connectivity index (χ2v) is 5.89. The normalized spacial score (nSPS) is 26.3. The van der Waals surface area contributed by atoms with E-state index in [2.05, 4.69) is 25.7 Å². The van der Waals surface area contributed by atoms with Gasteiger partial charge in [-0.1, -0.05) is 6.92 Å². The number of hydrogen-bond acceptors (Lipinski definition) is 3. The smallest absolute Gasteiger partial charge is 0.324 e. The molecule has 0 saturated carbocycles. The van der Waals surface area contributed by atoms with E-state index in [9.17, 15) is 9.90 Å². The predicted octanol–water partition coefficient (Wildman–Crippen LogP) is 2.46. The molecular formula is C12H23NO2S. The van der Waals surface area contributed by atoms with Crippen LogP contribution in [-0.2, 0) is 4.79 Å². The van der Waals surface area contributed by atoms with Gasteiger partial charge in [-0.15, -0.1) is 0 Å². The molecule has 0 spiro atoms. The third-order valence-corrected chi connectivity index (χ3v) is 4.51. The summed E-state index contributed by atoms with van der Waals surface area (Å²) in [6.45, 7) is 7.19. The van der Waals surface area contributed by atoms with Crippen LogP contribution in [0.5, 0.6) is 0 Å². The first-order valence-electron chi connectivity index (χ1n) is 6.12. The van der Waals surface area contributed by atoms with E-state index >= 15 is 0 Å². The Bertz CT molecular complexity index is 237. The topological polar surface area (TPSA) is 40.5 Å². The van der Waals surface area contributed by atoms with E-state index in [1.165, 1.54) is 0 Å². The van der Waals surface area contributed by atoms with Crippen LogP contribution < -0.4 is 0 Å². The molecule has 1 aliphatic rings. The van der Waals surface area contributed by atoms with Gasteiger partial charge in [-0.25, -0.2) is 0 Å². The summed E-state index contributed by atoms with van der Waals surface area (Å²) in [5, 5.41) is 9.58. The lowest BCUT2D eigenvalue weighted by molar-refractivity contribution is -0.152. The lowest BCUT2D eigenvalue weighted by Gasteiger charge is -2.45. The van der Waals surface area contributed by atoms with Crippen LogP contribution in [0.2, 0.25) is 0 Å². The summed E-state index contributed by atoms with van der Waals surface area (Å²) in [6, 6.07) is 0.301. The number of carboxylic acids is 1. The summed E-state index contributed by atoms with van der Waals surface area (Å²) in [6.07, 6.45) is 2.83. The van der Waals surface area contributed by atoms with Crippen molar-refractivity contribution in [1.82, 2.24) is 4.90 Å². The van der Waals surface area contributed by atoms with E-state index < -0.39 is 11.5 Å². The molecule has 0 aliphatic carbocycles. The molecule has 1 saturated heterocycles. The minimum Gasteiger partial charge on any atom is -0.480 e. The highest BCUT2D eigenvalue weighted by atomic mass is 32.2. The third kappa shape index (κ3) is 2.72. The Morgan fingerprint density at radius 3 is 2.62 bits per heavy atom. The van der Waals surface area contributed by atoms with Crippen molar-refractivity contribution in [1.29, 1.82) is 0 Å². The molecule has 0 aromatic carbocycles. The Hall–Kier alpha value is -0.220. The number of rotatable bonds is 5. The van der Waals surface area contributed by atoms with Crippen LogP contribution in [0.15, 0.2) is 0 Å². The molecule has 1 atom stereocenters. The molecular weight excluding hydrogens is 222 g/mol. The average molecular weight is 245 g/mol. The summed E-state index contributed by atoms with van der Waals surface area (Å²) in [4.78, 5) is 13.8. The molecule has 3 nitrogen and oxygen atoms in total. The van der Waals surface area contributed by atoms with Crippen molar-refractivity contribution < 1.29 is 9.90 Å². The van der Waals surface area contributed by atoms with Crippen LogP contribution in [-0.4, -0.2) is 45.6 Å². The van der Waals surface area contributed by atoms with Crippen molar-refractivity contribution >= 4 is 17.7 Å². The molecule has 4 heteroatoms. The Labute approximate surface area is 103 Å². The Morgan fingerprint density at radius 1 is 1.56 bits per heavy atom. The van der Waals surface area contributed by atoms with Crippen LogP contribution in [0.25, 0.3) is 0 Å². The zero-order valence-electron chi connectivity index (χ0n) is 10.5. The van der Waals surface area contributed by atoms with Gasteiger partial charge in [-0.3, -0.25) is 9.69 Å². The molecule has 0 radical (unpaired) electrons. The fraction of sp³-hybridized carbons (Fsp3) is 0.917. The van der Waals surface area contributed by atoms with E-state index in [4.69, 9.17) is 0 Å². The van der Waals surface area contributed by atoms with E-state index in [-0.39, 0.29) is 0 Å². The minimum absolute atomic E-state index is 0.301. The maximum Gasteiger partial charge on any atom is 0.324 e. The summed E-state index contributed by atoms with van der Waals surface area (Å²) >= 11 is 1.78. The van der Waals surface area contributed by atoms with Crippen molar-refractivity contribution in [2.75, 3.05) is 18.1 Å². The second kappa shape index (κ2) is 5.92. The highest BCUT2D eigenvalue weighted by Gasteiger charge is 2.45. The first kappa shape index (κ1) is 13.8. The van der Waals surface area contributed by atoms with E-state index in [1.54, 1.807) is 11.8 Å². The Kier molecular flexibility index (Phi) is 5.12. The quantitative estimate of drug-likeness (QED) is 0.808. The zero-order chi connectivity index (χ0) is 12.2. The SMILES string of the molecule is CCCN(C(C)C)C1(C(=O)O)CCCSC1. The molecule has 1 fully saturated rings. The number of thioether (sulfide) groups is 1. The maximum atomic E-state index is 11.6. The zero-order valence-corrected chi connectivity index (χ0v) is 11.3. The predicted molar refractivity (Wildman–Crippen MR) is 69.1 cm³/mol. The minimum atomic E-state index is -0.637. The molecule has 1 unspecified atom stereocenters. The largest absolute Gasteiger partial charge is 0.480 e. The first-order valence-corrected chi connectivity index (χ1v) is 7.28. The van der Waals surface area contributed by atoms with Gasteiger partial charge in [0.1, 0.15) is 5.54 Å². The van der Waals surface area contributed by atoms with Crippen LogP contribution in [0.1, 0.15) is 40.0 Å². The highest BCUT2D eigenvalue weighted by molar-refractivity contribution is 7.99. The number of nitrogens with zero attached hydrogens (tertiary/aromatic N) is 1. The third-order valence-electron chi connectivity index (χ3n) is 3.26. The van der Waals surface area contributed by atoms with Crippen molar-refractivity contribution in [3.63, 3.8) is 0 Å². The molecule has 16 heavy (non-hydrogen) atoms.